The van der Waals surface area contributed by atoms with Crippen molar-refractivity contribution in [2.45, 2.75) is 46.6 Å². The summed E-state index contributed by atoms with van der Waals surface area (Å²) >= 11 is 0. The third kappa shape index (κ3) is 3.56. The highest BCUT2D eigenvalue weighted by molar-refractivity contribution is 5.79. The Bertz CT molecular complexity index is 595. The first kappa shape index (κ1) is 16.3. The molecule has 118 valence electrons. The summed E-state index contributed by atoms with van der Waals surface area (Å²) in [7, 11) is 0. The van der Waals surface area contributed by atoms with Crippen LogP contribution in [0, 0.1) is 31.1 Å². The first-order valence-corrected chi connectivity index (χ1v) is 7.86. The third-order valence-electron chi connectivity index (χ3n) is 4.03. The van der Waals surface area contributed by atoms with Crippen LogP contribution in [0.25, 0.3) is 0 Å². The van der Waals surface area contributed by atoms with Gasteiger partial charge in [-0.05, 0) is 52.2 Å². The molecule has 1 aromatic rings. The molecule has 5 heteroatoms. The van der Waals surface area contributed by atoms with Gasteiger partial charge in [-0.25, -0.2) is 4.98 Å². The second-order valence-electron chi connectivity index (χ2n) is 6.32. The summed E-state index contributed by atoms with van der Waals surface area (Å²) in [5.74, 6) is 0.973. The lowest BCUT2D eigenvalue weighted by atomic mass is 9.95. The first-order chi connectivity index (χ1) is 10.4. The van der Waals surface area contributed by atoms with Crippen molar-refractivity contribution < 1.29 is 4.79 Å². The van der Waals surface area contributed by atoms with Gasteiger partial charge in [0.2, 0.25) is 5.91 Å². The second kappa shape index (κ2) is 6.78. The van der Waals surface area contributed by atoms with Gasteiger partial charge in [0.05, 0.1) is 5.56 Å². The quantitative estimate of drug-likeness (QED) is 0.930. The number of nitrogens with one attached hydrogen (secondary N) is 1. The van der Waals surface area contributed by atoms with Crippen molar-refractivity contribution in [3.05, 3.63) is 22.9 Å². The van der Waals surface area contributed by atoms with Crippen LogP contribution >= 0.6 is 0 Å². The average molecular weight is 300 g/mol. The summed E-state index contributed by atoms with van der Waals surface area (Å²) in [6.45, 7) is 9.37. The number of aromatic nitrogens is 1. The molecular weight excluding hydrogens is 276 g/mol. The van der Waals surface area contributed by atoms with Gasteiger partial charge in [0.25, 0.3) is 0 Å². The molecule has 0 radical (unpaired) electrons. The van der Waals surface area contributed by atoms with Crippen LogP contribution in [0.15, 0.2) is 6.07 Å². The van der Waals surface area contributed by atoms with Gasteiger partial charge in [-0.1, -0.05) is 0 Å². The van der Waals surface area contributed by atoms with E-state index < -0.39 is 0 Å². The molecule has 1 amide bonds. The molecule has 0 aliphatic carbocycles. The number of carbonyl (C=O) groups is 1. The van der Waals surface area contributed by atoms with E-state index in [4.69, 9.17) is 0 Å². The largest absolute Gasteiger partial charge is 0.355 e. The summed E-state index contributed by atoms with van der Waals surface area (Å²) in [6, 6.07) is 4.38. The number of pyridine rings is 1. The van der Waals surface area contributed by atoms with Gasteiger partial charge in [-0.2, -0.15) is 5.26 Å². The number of anilines is 1. The lowest BCUT2D eigenvalue weighted by Crippen LogP contribution is -2.43. The number of carbonyl (C=O) groups excluding carboxylic acids is 1. The fourth-order valence-corrected chi connectivity index (χ4v) is 2.94. The van der Waals surface area contributed by atoms with E-state index in [2.05, 4.69) is 21.3 Å². The smallest absolute Gasteiger partial charge is 0.223 e. The lowest BCUT2D eigenvalue weighted by Gasteiger charge is -2.33. The first-order valence-electron chi connectivity index (χ1n) is 7.86. The summed E-state index contributed by atoms with van der Waals surface area (Å²) < 4.78 is 0. The number of amides is 1. The third-order valence-corrected chi connectivity index (χ3v) is 4.03. The van der Waals surface area contributed by atoms with E-state index >= 15 is 0 Å². The van der Waals surface area contributed by atoms with Gasteiger partial charge < -0.3 is 10.2 Å². The monoisotopic (exact) mass is 300 g/mol. The van der Waals surface area contributed by atoms with Gasteiger partial charge >= 0.3 is 0 Å². The Kier molecular flexibility index (Phi) is 5.02. The Morgan fingerprint density at radius 1 is 1.41 bits per heavy atom. The molecule has 1 aliphatic heterocycles. The van der Waals surface area contributed by atoms with Crippen LogP contribution in [0.5, 0.6) is 0 Å². The minimum Gasteiger partial charge on any atom is -0.355 e. The fourth-order valence-electron chi connectivity index (χ4n) is 2.94. The normalized spacial score (nSPS) is 15.7. The summed E-state index contributed by atoms with van der Waals surface area (Å²) in [6.07, 6.45) is 1.61. The second-order valence-corrected chi connectivity index (χ2v) is 6.32. The summed E-state index contributed by atoms with van der Waals surface area (Å²) in [5, 5.41) is 12.4. The van der Waals surface area contributed by atoms with Crippen LogP contribution in [-0.4, -0.2) is 30.0 Å². The van der Waals surface area contributed by atoms with Gasteiger partial charge in [-0.15, -0.1) is 0 Å². The topological polar surface area (TPSA) is 69.0 Å². The van der Waals surface area contributed by atoms with E-state index in [0.717, 1.165) is 43.0 Å². The number of aryl methyl sites for hydroxylation is 2. The van der Waals surface area contributed by atoms with Crippen LogP contribution < -0.4 is 10.2 Å². The van der Waals surface area contributed by atoms with E-state index in [9.17, 15) is 10.1 Å². The number of hydrogen-bond donors (Lipinski definition) is 1. The fraction of sp³-hybridized carbons (Fsp3) is 0.588. The molecule has 0 spiro atoms. The van der Waals surface area contributed by atoms with E-state index in [0.29, 0.717) is 5.56 Å². The van der Waals surface area contributed by atoms with Crippen molar-refractivity contribution >= 4 is 11.7 Å². The Balaban J connectivity index is 2.10. The van der Waals surface area contributed by atoms with Gasteiger partial charge in [0, 0.05) is 30.7 Å². The molecule has 5 nitrogen and oxygen atoms in total. The number of nitrogens with zero attached hydrogens (tertiary/aromatic N) is 3. The van der Waals surface area contributed by atoms with Gasteiger partial charge in [0.15, 0.2) is 0 Å². The van der Waals surface area contributed by atoms with Crippen molar-refractivity contribution in [3.8, 4) is 6.07 Å². The van der Waals surface area contributed by atoms with Crippen molar-refractivity contribution in [2.24, 2.45) is 5.92 Å². The molecule has 1 aromatic heterocycles. The lowest BCUT2D eigenvalue weighted by molar-refractivity contribution is -0.126. The molecule has 1 saturated heterocycles. The maximum absolute atomic E-state index is 12.1. The average Bonchev–Trinajstić information content (AvgIpc) is 2.46. The van der Waals surface area contributed by atoms with Crippen molar-refractivity contribution in [1.29, 1.82) is 5.26 Å². The van der Waals surface area contributed by atoms with Gasteiger partial charge in [-0.3, -0.25) is 4.79 Å². The number of rotatable bonds is 3. The molecule has 1 N–H and O–H groups in total. The number of nitriles is 1. The predicted molar refractivity (Wildman–Crippen MR) is 86.6 cm³/mol. The molecule has 2 heterocycles. The zero-order chi connectivity index (χ0) is 16.3. The molecule has 0 bridgehead atoms. The highest BCUT2D eigenvalue weighted by Crippen LogP contribution is 2.27. The number of hydrogen-bond acceptors (Lipinski definition) is 4. The Labute approximate surface area is 132 Å². The SMILES string of the molecule is Cc1cc(C)c(C#N)c(N2CCC(C(=O)NC(C)C)CC2)n1. The Hall–Kier alpha value is -2.09. The highest BCUT2D eigenvalue weighted by atomic mass is 16.1. The summed E-state index contributed by atoms with van der Waals surface area (Å²) in [5.41, 5.74) is 2.53. The van der Waals surface area contributed by atoms with Crippen molar-refractivity contribution in [1.82, 2.24) is 10.3 Å². The van der Waals surface area contributed by atoms with Crippen LogP contribution in [0.2, 0.25) is 0 Å². The zero-order valence-electron chi connectivity index (χ0n) is 13.8. The molecule has 0 aromatic carbocycles. The highest BCUT2D eigenvalue weighted by Gasteiger charge is 2.27. The van der Waals surface area contributed by atoms with Crippen LogP contribution in [-0.2, 0) is 4.79 Å². The van der Waals surface area contributed by atoms with Crippen LogP contribution in [0.1, 0.15) is 43.5 Å². The number of piperidine rings is 1. The maximum Gasteiger partial charge on any atom is 0.223 e. The van der Waals surface area contributed by atoms with E-state index in [1.807, 2.05) is 33.8 Å². The van der Waals surface area contributed by atoms with Crippen molar-refractivity contribution in [2.75, 3.05) is 18.0 Å². The van der Waals surface area contributed by atoms with E-state index in [1.165, 1.54) is 0 Å². The Morgan fingerprint density at radius 2 is 2.05 bits per heavy atom. The molecule has 0 atom stereocenters. The summed E-state index contributed by atoms with van der Waals surface area (Å²) in [4.78, 5) is 18.8. The predicted octanol–water partition coefficient (Wildman–Crippen LogP) is 2.31. The molecular formula is C17H24N4O. The molecule has 1 aliphatic rings. The zero-order valence-corrected chi connectivity index (χ0v) is 13.8. The van der Waals surface area contributed by atoms with Gasteiger partial charge in [0.1, 0.15) is 11.9 Å². The van der Waals surface area contributed by atoms with E-state index in [-0.39, 0.29) is 17.9 Å². The van der Waals surface area contributed by atoms with Crippen LogP contribution in [0.4, 0.5) is 5.82 Å². The van der Waals surface area contributed by atoms with Crippen LogP contribution in [0.3, 0.4) is 0 Å². The maximum atomic E-state index is 12.1. The minimum atomic E-state index is 0.0649. The molecule has 1 fully saturated rings. The van der Waals surface area contributed by atoms with Crippen molar-refractivity contribution in [3.63, 3.8) is 0 Å². The minimum absolute atomic E-state index is 0.0649. The Morgan fingerprint density at radius 3 is 2.59 bits per heavy atom. The standard InChI is InChI=1S/C17H24N4O/c1-11(2)19-17(22)14-5-7-21(8-6-14)16-15(10-18)12(3)9-13(4)20-16/h9,11,14H,5-8H2,1-4H3,(H,19,22). The molecule has 0 saturated carbocycles. The van der Waals surface area contributed by atoms with E-state index in [1.54, 1.807) is 0 Å². The molecule has 2 rings (SSSR count). The molecule has 0 unspecified atom stereocenters. The molecule has 22 heavy (non-hydrogen) atoms.